The van der Waals surface area contributed by atoms with Crippen LogP contribution in [0.5, 0.6) is 0 Å². The van der Waals surface area contributed by atoms with Crippen LogP contribution in [0.1, 0.15) is 19.3 Å². The van der Waals surface area contributed by atoms with Crippen molar-refractivity contribution in [3.8, 4) is 0 Å². The summed E-state index contributed by atoms with van der Waals surface area (Å²) in [4.78, 5) is 11.7. The van der Waals surface area contributed by atoms with Gasteiger partial charge in [0.15, 0.2) is 0 Å². The van der Waals surface area contributed by atoms with Crippen LogP contribution in [0.15, 0.2) is 0 Å². The number of hydrogen-bond donors (Lipinski definition) is 2. The standard InChI is InChI=1S/C11H18F2N2O3S.ClH/c1-19(17,18)7-10(2-3-10)5-15-9(16)8-4-11(12,13)6-14-8;/h8,14H,2-7H2,1H3,(H,15,16);1H. The third kappa shape index (κ3) is 4.82. The van der Waals surface area contributed by atoms with E-state index in [4.69, 9.17) is 0 Å². The largest absolute Gasteiger partial charge is 0.354 e. The molecule has 20 heavy (non-hydrogen) atoms. The Hall–Kier alpha value is -0.470. The maximum absolute atomic E-state index is 12.9. The van der Waals surface area contributed by atoms with Crippen LogP contribution in [0.25, 0.3) is 0 Å². The Balaban J connectivity index is 0.00000200. The van der Waals surface area contributed by atoms with Crippen molar-refractivity contribution in [1.82, 2.24) is 10.6 Å². The molecule has 1 saturated heterocycles. The topological polar surface area (TPSA) is 75.3 Å². The number of hydrogen-bond acceptors (Lipinski definition) is 4. The van der Waals surface area contributed by atoms with Crippen molar-refractivity contribution >= 4 is 28.2 Å². The van der Waals surface area contributed by atoms with Crippen LogP contribution in [0.3, 0.4) is 0 Å². The molecule has 2 aliphatic rings. The number of sulfone groups is 1. The molecular weight excluding hydrogens is 314 g/mol. The van der Waals surface area contributed by atoms with Gasteiger partial charge in [0, 0.05) is 24.6 Å². The molecule has 2 N–H and O–H groups in total. The van der Waals surface area contributed by atoms with Crippen LogP contribution < -0.4 is 10.6 Å². The average Bonchev–Trinajstić information content (AvgIpc) is 2.88. The molecule has 1 heterocycles. The van der Waals surface area contributed by atoms with Gasteiger partial charge in [-0.2, -0.15) is 0 Å². The van der Waals surface area contributed by atoms with Gasteiger partial charge in [-0.1, -0.05) is 0 Å². The van der Waals surface area contributed by atoms with E-state index in [2.05, 4.69) is 10.6 Å². The highest BCUT2D eigenvalue weighted by Crippen LogP contribution is 2.46. The quantitative estimate of drug-likeness (QED) is 0.761. The summed E-state index contributed by atoms with van der Waals surface area (Å²) in [5.41, 5.74) is -0.385. The van der Waals surface area contributed by atoms with Crippen LogP contribution in [0, 0.1) is 5.41 Å². The van der Waals surface area contributed by atoms with E-state index >= 15 is 0 Å². The smallest absolute Gasteiger partial charge is 0.262 e. The zero-order valence-electron chi connectivity index (χ0n) is 11.1. The number of alkyl halides is 2. The Morgan fingerprint density at radius 3 is 2.40 bits per heavy atom. The van der Waals surface area contributed by atoms with Gasteiger partial charge in [0.1, 0.15) is 9.84 Å². The second-order valence-electron chi connectivity index (χ2n) is 5.78. The lowest BCUT2D eigenvalue weighted by atomic mass is 10.1. The van der Waals surface area contributed by atoms with Crippen molar-refractivity contribution in [1.29, 1.82) is 0 Å². The van der Waals surface area contributed by atoms with E-state index in [9.17, 15) is 22.0 Å². The molecule has 0 spiro atoms. The van der Waals surface area contributed by atoms with Crippen molar-refractivity contribution in [2.24, 2.45) is 5.41 Å². The van der Waals surface area contributed by atoms with Crippen molar-refractivity contribution in [3.05, 3.63) is 0 Å². The summed E-state index contributed by atoms with van der Waals surface area (Å²) in [5, 5.41) is 5.06. The molecule has 118 valence electrons. The molecule has 1 aliphatic carbocycles. The molecule has 2 fully saturated rings. The van der Waals surface area contributed by atoms with E-state index in [0.29, 0.717) is 0 Å². The van der Waals surface area contributed by atoms with Crippen LogP contribution in [-0.4, -0.2) is 51.4 Å². The first-order chi connectivity index (χ1) is 8.61. The normalized spacial score (nSPS) is 26.6. The van der Waals surface area contributed by atoms with Gasteiger partial charge in [0.2, 0.25) is 5.91 Å². The molecular formula is C11H19ClF2N2O3S. The minimum Gasteiger partial charge on any atom is -0.354 e. The number of carbonyl (C=O) groups is 1. The molecule has 0 bridgehead atoms. The third-order valence-corrected chi connectivity index (χ3v) is 4.73. The molecule has 1 saturated carbocycles. The Morgan fingerprint density at radius 1 is 1.40 bits per heavy atom. The lowest BCUT2D eigenvalue weighted by Crippen LogP contribution is -2.43. The highest BCUT2D eigenvalue weighted by atomic mass is 35.5. The molecule has 1 unspecified atom stereocenters. The monoisotopic (exact) mass is 332 g/mol. The van der Waals surface area contributed by atoms with E-state index in [-0.39, 0.29) is 30.1 Å². The van der Waals surface area contributed by atoms with Gasteiger partial charge in [-0.15, -0.1) is 12.4 Å². The zero-order chi connectivity index (χ0) is 14.3. The number of carbonyl (C=O) groups excluding carboxylic acids is 1. The van der Waals surface area contributed by atoms with E-state index < -0.39 is 40.7 Å². The van der Waals surface area contributed by atoms with E-state index in [1.807, 2.05) is 0 Å². The highest BCUT2D eigenvalue weighted by Gasteiger charge is 2.47. The third-order valence-electron chi connectivity index (χ3n) is 3.59. The maximum atomic E-state index is 12.9. The maximum Gasteiger partial charge on any atom is 0.262 e. The molecule has 1 atom stereocenters. The predicted octanol–water partition coefficient (Wildman–Crippen LogP) is 0.346. The fourth-order valence-electron chi connectivity index (χ4n) is 2.40. The average molecular weight is 333 g/mol. The zero-order valence-corrected chi connectivity index (χ0v) is 12.8. The highest BCUT2D eigenvalue weighted by molar-refractivity contribution is 7.90. The van der Waals surface area contributed by atoms with Crippen molar-refractivity contribution < 1.29 is 22.0 Å². The van der Waals surface area contributed by atoms with E-state index in [0.717, 1.165) is 19.1 Å². The summed E-state index contributed by atoms with van der Waals surface area (Å²) >= 11 is 0. The van der Waals surface area contributed by atoms with Gasteiger partial charge in [-0.3, -0.25) is 10.1 Å². The van der Waals surface area contributed by atoms with Crippen LogP contribution in [0.4, 0.5) is 8.78 Å². The number of rotatable bonds is 5. The fourth-order valence-corrected chi connectivity index (χ4v) is 3.91. The van der Waals surface area contributed by atoms with Gasteiger partial charge in [-0.25, -0.2) is 17.2 Å². The van der Waals surface area contributed by atoms with Crippen LogP contribution >= 0.6 is 12.4 Å². The number of halogens is 3. The lowest BCUT2D eigenvalue weighted by Gasteiger charge is -2.17. The molecule has 2 rings (SSSR count). The number of nitrogens with one attached hydrogen (secondary N) is 2. The van der Waals surface area contributed by atoms with Crippen LogP contribution in [-0.2, 0) is 14.6 Å². The molecule has 0 aromatic rings. The van der Waals surface area contributed by atoms with Crippen molar-refractivity contribution in [2.75, 3.05) is 25.1 Å². The molecule has 1 amide bonds. The van der Waals surface area contributed by atoms with Gasteiger partial charge in [0.25, 0.3) is 5.92 Å². The SMILES string of the molecule is CS(=O)(=O)CC1(CNC(=O)C2CC(F)(F)CN2)CC1.Cl. The molecule has 0 aromatic carbocycles. The van der Waals surface area contributed by atoms with Gasteiger partial charge in [0.05, 0.1) is 18.3 Å². The molecule has 1 aliphatic heterocycles. The Bertz CT molecular complexity index is 480. The van der Waals surface area contributed by atoms with Gasteiger partial charge < -0.3 is 5.32 Å². The van der Waals surface area contributed by atoms with E-state index in [1.165, 1.54) is 0 Å². The fraction of sp³-hybridized carbons (Fsp3) is 0.909. The minimum atomic E-state index is -3.09. The molecule has 0 aromatic heterocycles. The molecule has 0 radical (unpaired) electrons. The van der Waals surface area contributed by atoms with E-state index in [1.54, 1.807) is 0 Å². The Labute approximate surface area is 123 Å². The summed E-state index contributed by atoms with van der Waals surface area (Å²) in [6.07, 6.45) is 2.15. The summed E-state index contributed by atoms with van der Waals surface area (Å²) in [5.74, 6) is -3.28. The van der Waals surface area contributed by atoms with Crippen LogP contribution in [0.2, 0.25) is 0 Å². The first-order valence-corrected chi connectivity index (χ1v) is 8.24. The summed E-state index contributed by atoms with van der Waals surface area (Å²) in [7, 11) is -3.09. The number of amides is 1. The summed E-state index contributed by atoms with van der Waals surface area (Å²) in [6, 6.07) is -0.885. The molecule has 5 nitrogen and oxygen atoms in total. The lowest BCUT2D eigenvalue weighted by molar-refractivity contribution is -0.123. The van der Waals surface area contributed by atoms with Crippen molar-refractivity contribution in [2.45, 2.75) is 31.2 Å². The second kappa shape index (κ2) is 5.73. The summed E-state index contributed by atoms with van der Waals surface area (Å²) in [6.45, 7) is -0.248. The van der Waals surface area contributed by atoms with Gasteiger partial charge >= 0.3 is 0 Å². The first kappa shape index (κ1) is 17.6. The van der Waals surface area contributed by atoms with Crippen molar-refractivity contribution in [3.63, 3.8) is 0 Å². The first-order valence-electron chi connectivity index (χ1n) is 6.18. The predicted molar refractivity (Wildman–Crippen MR) is 73.0 cm³/mol. The molecule has 9 heteroatoms. The summed E-state index contributed by atoms with van der Waals surface area (Å²) < 4.78 is 48.4. The minimum absolute atomic E-state index is 0. The second-order valence-corrected chi connectivity index (χ2v) is 7.92. The Morgan fingerprint density at radius 2 is 2.00 bits per heavy atom. The van der Waals surface area contributed by atoms with Gasteiger partial charge in [-0.05, 0) is 12.8 Å². The Kier molecular flexibility index (Phi) is 5.04.